The molecule has 5 nitrogen and oxygen atoms in total. The van der Waals surface area contributed by atoms with Gasteiger partial charge in [0.05, 0.1) is 0 Å². The molecule has 0 aliphatic heterocycles. The first kappa shape index (κ1) is 18.6. The molecule has 2 amide bonds. The van der Waals surface area contributed by atoms with E-state index in [0.717, 1.165) is 9.35 Å². The number of carbonyl (C=O) groups excluding carboxylic acids is 2. The second-order valence-corrected chi connectivity index (χ2v) is 7.03. The van der Waals surface area contributed by atoms with Crippen molar-refractivity contribution in [1.82, 2.24) is 5.32 Å². The Labute approximate surface area is 153 Å². The summed E-state index contributed by atoms with van der Waals surface area (Å²) < 4.78 is 0.890. The fraction of sp³-hybridized carbons (Fsp3) is 0.294. The molecule has 1 aromatic heterocycles. The van der Waals surface area contributed by atoms with Crippen molar-refractivity contribution in [3.8, 4) is 0 Å². The molecule has 0 unspecified atom stereocenters. The standard InChI is InChI=1S/C17H19BrN2O3S/c1-2-20(13-7-5-12(18)6-8-13)17(23)15(21)16(22)19-10-9-14-4-3-11-24-14/h3-8,11,15,21H,2,9-10H2,1H3,(H,19,22)/t15-/m0/s1. The van der Waals surface area contributed by atoms with E-state index >= 15 is 0 Å². The van der Waals surface area contributed by atoms with Gasteiger partial charge < -0.3 is 15.3 Å². The third-order valence-electron chi connectivity index (χ3n) is 3.45. The maximum Gasteiger partial charge on any atom is 0.265 e. The predicted molar refractivity (Wildman–Crippen MR) is 99.2 cm³/mol. The van der Waals surface area contributed by atoms with E-state index in [9.17, 15) is 14.7 Å². The number of carbonyl (C=O) groups is 2. The van der Waals surface area contributed by atoms with Crippen LogP contribution in [0.5, 0.6) is 0 Å². The van der Waals surface area contributed by atoms with Gasteiger partial charge >= 0.3 is 0 Å². The van der Waals surface area contributed by atoms with Gasteiger partial charge in [0.1, 0.15) is 0 Å². The summed E-state index contributed by atoms with van der Waals surface area (Å²) >= 11 is 4.94. The Balaban J connectivity index is 1.93. The smallest absolute Gasteiger partial charge is 0.265 e. The molecule has 0 fully saturated rings. The summed E-state index contributed by atoms with van der Waals surface area (Å²) in [5.41, 5.74) is 0.635. The Kier molecular flexibility index (Phi) is 6.96. The van der Waals surface area contributed by atoms with Crippen molar-refractivity contribution in [1.29, 1.82) is 0 Å². The fourth-order valence-electron chi connectivity index (χ4n) is 2.21. The first-order valence-electron chi connectivity index (χ1n) is 7.58. The zero-order chi connectivity index (χ0) is 17.5. The van der Waals surface area contributed by atoms with E-state index in [0.29, 0.717) is 25.2 Å². The largest absolute Gasteiger partial charge is 0.375 e. The van der Waals surface area contributed by atoms with Gasteiger partial charge in [0.15, 0.2) is 0 Å². The molecular formula is C17H19BrN2O3S. The molecule has 24 heavy (non-hydrogen) atoms. The Hall–Kier alpha value is -1.70. The van der Waals surface area contributed by atoms with E-state index in [4.69, 9.17) is 0 Å². The van der Waals surface area contributed by atoms with Gasteiger partial charge in [0, 0.05) is 28.1 Å². The summed E-state index contributed by atoms with van der Waals surface area (Å²) in [6.45, 7) is 2.54. The number of aliphatic hydroxyl groups excluding tert-OH is 1. The molecule has 128 valence electrons. The van der Waals surface area contributed by atoms with E-state index < -0.39 is 17.9 Å². The van der Waals surface area contributed by atoms with Crippen molar-refractivity contribution in [2.45, 2.75) is 19.4 Å². The summed E-state index contributed by atoms with van der Waals surface area (Å²) in [5, 5.41) is 14.6. The van der Waals surface area contributed by atoms with Crippen LogP contribution in [-0.4, -0.2) is 36.1 Å². The molecule has 1 atom stereocenters. The zero-order valence-electron chi connectivity index (χ0n) is 13.2. The second kappa shape index (κ2) is 8.96. The van der Waals surface area contributed by atoms with Gasteiger partial charge in [-0.1, -0.05) is 22.0 Å². The van der Waals surface area contributed by atoms with Crippen LogP contribution in [0.1, 0.15) is 11.8 Å². The van der Waals surface area contributed by atoms with Crippen LogP contribution in [0, 0.1) is 0 Å². The molecule has 7 heteroatoms. The Morgan fingerprint density at radius 2 is 2.00 bits per heavy atom. The molecule has 2 aromatic rings. The summed E-state index contributed by atoms with van der Waals surface area (Å²) in [4.78, 5) is 26.9. The number of benzene rings is 1. The molecule has 1 heterocycles. The Morgan fingerprint density at radius 3 is 2.58 bits per heavy atom. The molecule has 1 aromatic carbocycles. The van der Waals surface area contributed by atoms with Crippen LogP contribution in [0.15, 0.2) is 46.3 Å². The maximum absolute atomic E-state index is 12.4. The number of hydrogen-bond donors (Lipinski definition) is 2. The minimum Gasteiger partial charge on any atom is -0.375 e. The molecule has 0 saturated carbocycles. The fourth-order valence-corrected chi connectivity index (χ4v) is 3.18. The van der Waals surface area contributed by atoms with Crippen LogP contribution in [0.2, 0.25) is 0 Å². The Morgan fingerprint density at radius 1 is 1.29 bits per heavy atom. The highest BCUT2D eigenvalue weighted by Crippen LogP contribution is 2.19. The van der Waals surface area contributed by atoms with Gasteiger partial charge in [-0.25, -0.2) is 0 Å². The topological polar surface area (TPSA) is 69.6 Å². The molecule has 0 bridgehead atoms. The predicted octanol–water partition coefficient (Wildman–Crippen LogP) is 2.58. The molecule has 0 aliphatic rings. The van der Waals surface area contributed by atoms with Crippen LogP contribution in [0.3, 0.4) is 0 Å². The van der Waals surface area contributed by atoms with E-state index in [1.54, 1.807) is 42.5 Å². The second-order valence-electron chi connectivity index (χ2n) is 5.08. The number of nitrogens with one attached hydrogen (secondary N) is 1. The first-order valence-corrected chi connectivity index (χ1v) is 9.25. The average molecular weight is 411 g/mol. The van der Waals surface area contributed by atoms with Crippen LogP contribution in [0.25, 0.3) is 0 Å². The lowest BCUT2D eigenvalue weighted by atomic mass is 10.2. The molecule has 0 radical (unpaired) electrons. The van der Waals surface area contributed by atoms with Crippen molar-refractivity contribution in [2.75, 3.05) is 18.0 Å². The minimum absolute atomic E-state index is 0.361. The highest BCUT2D eigenvalue weighted by molar-refractivity contribution is 9.10. The first-order chi connectivity index (χ1) is 11.5. The van der Waals surface area contributed by atoms with Crippen molar-refractivity contribution in [3.63, 3.8) is 0 Å². The number of amides is 2. The number of likely N-dealkylation sites (N-methyl/N-ethyl adjacent to an activating group) is 1. The molecule has 0 spiro atoms. The van der Waals surface area contributed by atoms with Gasteiger partial charge in [-0.2, -0.15) is 0 Å². The number of hydrogen-bond acceptors (Lipinski definition) is 4. The number of nitrogens with zero attached hydrogens (tertiary/aromatic N) is 1. The highest BCUT2D eigenvalue weighted by atomic mass is 79.9. The quantitative estimate of drug-likeness (QED) is 0.689. The van der Waals surface area contributed by atoms with E-state index in [2.05, 4.69) is 21.2 Å². The SMILES string of the molecule is CCN(C(=O)[C@@H](O)C(=O)NCCc1cccs1)c1ccc(Br)cc1. The third kappa shape index (κ3) is 4.90. The zero-order valence-corrected chi connectivity index (χ0v) is 15.6. The maximum atomic E-state index is 12.4. The lowest BCUT2D eigenvalue weighted by Crippen LogP contribution is -2.48. The summed E-state index contributed by atoms with van der Waals surface area (Å²) in [7, 11) is 0. The van der Waals surface area contributed by atoms with Crippen molar-refractivity contribution in [2.24, 2.45) is 0 Å². The van der Waals surface area contributed by atoms with E-state index in [1.807, 2.05) is 17.5 Å². The molecule has 0 saturated heterocycles. The lowest BCUT2D eigenvalue weighted by molar-refractivity contribution is -0.139. The molecule has 0 aliphatic carbocycles. The molecular weight excluding hydrogens is 392 g/mol. The highest BCUT2D eigenvalue weighted by Gasteiger charge is 2.28. The van der Waals surface area contributed by atoms with Crippen molar-refractivity contribution in [3.05, 3.63) is 51.1 Å². The number of thiophene rings is 1. The van der Waals surface area contributed by atoms with E-state index in [1.165, 1.54) is 4.90 Å². The van der Waals surface area contributed by atoms with E-state index in [-0.39, 0.29) is 0 Å². The number of anilines is 1. The molecule has 2 N–H and O–H groups in total. The van der Waals surface area contributed by atoms with Gasteiger partial charge in [-0.05, 0) is 49.1 Å². The normalized spacial score (nSPS) is 11.8. The van der Waals surface area contributed by atoms with Crippen molar-refractivity contribution < 1.29 is 14.7 Å². The minimum atomic E-state index is -1.71. The van der Waals surface area contributed by atoms with Crippen LogP contribution >= 0.6 is 27.3 Å². The number of aliphatic hydroxyl groups is 1. The number of rotatable bonds is 7. The van der Waals surface area contributed by atoms with Gasteiger partial charge in [-0.3, -0.25) is 9.59 Å². The third-order valence-corrected chi connectivity index (χ3v) is 4.92. The van der Waals surface area contributed by atoms with Gasteiger partial charge in [0.25, 0.3) is 11.8 Å². The molecule has 2 rings (SSSR count). The average Bonchev–Trinajstić information content (AvgIpc) is 3.09. The van der Waals surface area contributed by atoms with Crippen LogP contribution < -0.4 is 10.2 Å². The van der Waals surface area contributed by atoms with Gasteiger partial charge in [0.2, 0.25) is 6.10 Å². The van der Waals surface area contributed by atoms with Crippen molar-refractivity contribution >= 4 is 44.8 Å². The van der Waals surface area contributed by atoms with Crippen LogP contribution in [-0.2, 0) is 16.0 Å². The lowest BCUT2D eigenvalue weighted by Gasteiger charge is -2.23. The Bertz CT molecular complexity index is 674. The summed E-state index contributed by atoms with van der Waals surface area (Å²) in [5.74, 6) is -1.31. The summed E-state index contributed by atoms with van der Waals surface area (Å²) in [6.07, 6.45) is -1.04. The van der Waals surface area contributed by atoms with Gasteiger partial charge in [-0.15, -0.1) is 11.3 Å². The number of halogens is 1. The summed E-state index contributed by atoms with van der Waals surface area (Å²) in [6, 6.07) is 11.0. The monoisotopic (exact) mass is 410 g/mol. The van der Waals surface area contributed by atoms with Crippen LogP contribution in [0.4, 0.5) is 5.69 Å².